The fraction of sp³-hybridized carbons (Fsp3) is 0.353. The number of esters is 1. The van der Waals surface area contributed by atoms with E-state index in [2.05, 4.69) is 6.58 Å². The molecule has 1 aromatic carbocycles. The first-order valence-electron chi connectivity index (χ1n) is 6.88. The van der Waals surface area contributed by atoms with Gasteiger partial charge in [0.25, 0.3) is 0 Å². The van der Waals surface area contributed by atoms with E-state index in [0.29, 0.717) is 6.42 Å². The van der Waals surface area contributed by atoms with Gasteiger partial charge in [-0.3, -0.25) is 4.79 Å². The van der Waals surface area contributed by atoms with Crippen LogP contribution in [0.25, 0.3) is 0 Å². The van der Waals surface area contributed by atoms with Crippen molar-refractivity contribution in [3.8, 4) is 0 Å². The minimum atomic E-state index is -0.571. The van der Waals surface area contributed by atoms with Crippen LogP contribution in [0.1, 0.15) is 31.7 Å². The van der Waals surface area contributed by atoms with E-state index in [1.54, 1.807) is 0 Å². The maximum atomic E-state index is 11.8. The molecule has 0 fully saturated rings. The summed E-state index contributed by atoms with van der Waals surface area (Å²) in [5.74, 6) is -0.345. The molecule has 0 aliphatic heterocycles. The lowest BCUT2D eigenvalue weighted by atomic mass is 10.0. The fourth-order valence-electron chi connectivity index (χ4n) is 1.84. The summed E-state index contributed by atoms with van der Waals surface area (Å²) in [5.41, 5.74) is 8.06. The molecule has 0 bridgehead atoms. The predicted octanol–water partition coefficient (Wildman–Crippen LogP) is 3.36. The Kier molecular flexibility index (Phi) is 7.36. The lowest BCUT2D eigenvalue weighted by molar-refractivity contribution is -0.146. The summed E-state index contributed by atoms with van der Waals surface area (Å²) < 4.78 is 5.21. The number of hydrogen-bond donors (Lipinski definition) is 1. The van der Waals surface area contributed by atoms with Crippen molar-refractivity contribution < 1.29 is 9.53 Å². The molecule has 3 nitrogen and oxygen atoms in total. The van der Waals surface area contributed by atoms with E-state index in [4.69, 9.17) is 10.5 Å². The van der Waals surface area contributed by atoms with Crippen LogP contribution in [-0.4, -0.2) is 12.0 Å². The van der Waals surface area contributed by atoms with Gasteiger partial charge in [-0.1, -0.05) is 48.1 Å². The molecule has 0 aliphatic rings. The van der Waals surface area contributed by atoms with Crippen LogP contribution in [-0.2, 0) is 16.1 Å². The third kappa shape index (κ3) is 5.85. The second-order valence-corrected chi connectivity index (χ2v) is 4.68. The zero-order chi connectivity index (χ0) is 14.8. The third-order valence-corrected chi connectivity index (χ3v) is 3.12. The van der Waals surface area contributed by atoms with Gasteiger partial charge in [0.1, 0.15) is 12.6 Å². The van der Waals surface area contributed by atoms with Crippen molar-refractivity contribution in [3.63, 3.8) is 0 Å². The molecule has 3 heteroatoms. The van der Waals surface area contributed by atoms with E-state index in [1.165, 1.54) is 5.57 Å². The smallest absolute Gasteiger partial charge is 0.323 e. The highest BCUT2D eigenvalue weighted by molar-refractivity contribution is 5.75. The molecule has 0 saturated carbocycles. The first kappa shape index (κ1) is 16.2. The summed E-state index contributed by atoms with van der Waals surface area (Å²) >= 11 is 0. The summed E-state index contributed by atoms with van der Waals surface area (Å²) in [4.78, 5) is 11.8. The van der Waals surface area contributed by atoms with E-state index < -0.39 is 6.04 Å². The van der Waals surface area contributed by atoms with Gasteiger partial charge in [0.05, 0.1) is 0 Å². The quantitative estimate of drug-likeness (QED) is 0.583. The average molecular weight is 273 g/mol. The number of rotatable bonds is 8. The minimum absolute atomic E-state index is 0.274. The molecular weight excluding hydrogens is 250 g/mol. The van der Waals surface area contributed by atoms with Crippen LogP contribution in [0.4, 0.5) is 0 Å². The van der Waals surface area contributed by atoms with Gasteiger partial charge in [0, 0.05) is 0 Å². The largest absolute Gasteiger partial charge is 0.460 e. The zero-order valence-electron chi connectivity index (χ0n) is 12.0. The molecule has 108 valence electrons. The Morgan fingerprint density at radius 3 is 2.70 bits per heavy atom. The highest BCUT2D eigenvalue weighted by Crippen LogP contribution is 2.12. The lowest BCUT2D eigenvalue weighted by Gasteiger charge is -2.12. The molecule has 0 saturated heterocycles. The molecule has 0 radical (unpaired) electrons. The summed E-state index contributed by atoms with van der Waals surface area (Å²) in [6.45, 7) is 5.97. The maximum absolute atomic E-state index is 11.8. The molecule has 0 aliphatic carbocycles. The van der Waals surface area contributed by atoms with Crippen molar-refractivity contribution in [2.24, 2.45) is 5.73 Å². The molecule has 1 aromatic rings. The molecule has 0 unspecified atom stereocenters. The van der Waals surface area contributed by atoms with Gasteiger partial charge >= 0.3 is 5.97 Å². The molecule has 0 aromatic heterocycles. The Morgan fingerprint density at radius 1 is 1.40 bits per heavy atom. The standard InChI is InChI=1S/C17H23NO2/c1-3-8-14(4-2)11-12-16(18)17(19)20-13-15-9-6-5-7-10-15/h3-7,9-10,16H,1,8,11-13,18H2,2H3/b14-4+/t16-/m0/s1. The van der Waals surface area contributed by atoms with Crippen molar-refractivity contribution in [2.75, 3.05) is 0 Å². The molecular formula is C17H23NO2. The molecule has 1 atom stereocenters. The van der Waals surface area contributed by atoms with E-state index in [0.717, 1.165) is 18.4 Å². The average Bonchev–Trinajstić information content (AvgIpc) is 2.49. The second-order valence-electron chi connectivity index (χ2n) is 4.68. The van der Waals surface area contributed by atoms with Gasteiger partial charge in [-0.05, 0) is 31.7 Å². The summed E-state index contributed by atoms with van der Waals surface area (Å²) in [6.07, 6.45) is 6.13. The van der Waals surface area contributed by atoms with Gasteiger partial charge in [0.2, 0.25) is 0 Å². The monoisotopic (exact) mass is 273 g/mol. The topological polar surface area (TPSA) is 52.3 Å². The van der Waals surface area contributed by atoms with Crippen molar-refractivity contribution in [2.45, 2.75) is 38.8 Å². The number of hydrogen-bond acceptors (Lipinski definition) is 3. The van der Waals surface area contributed by atoms with Crippen LogP contribution in [0.5, 0.6) is 0 Å². The summed E-state index contributed by atoms with van der Waals surface area (Å²) in [7, 11) is 0. The van der Waals surface area contributed by atoms with Crippen molar-refractivity contribution in [1.82, 2.24) is 0 Å². The van der Waals surface area contributed by atoms with Crippen LogP contribution in [0, 0.1) is 0 Å². The highest BCUT2D eigenvalue weighted by atomic mass is 16.5. The summed E-state index contributed by atoms with van der Waals surface area (Å²) in [6, 6.07) is 9.02. The Bertz CT molecular complexity index is 451. The Labute approximate surface area is 121 Å². The van der Waals surface area contributed by atoms with Gasteiger partial charge in [-0.25, -0.2) is 0 Å². The molecule has 20 heavy (non-hydrogen) atoms. The number of carbonyl (C=O) groups is 1. The second kappa shape index (κ2) is 9.10. The first-order chi connectivity index (χ1) is 9.67. The fourth-order valence-corrected chi connectivity index (χ4v) is 1.84. The third-order valence-electron chi connectivity index (χ3n) is 3.12. The maximum Gasteiger partial charge on any atom is 0.323 e. The SMILES string of the molecule is C=CC/C(=C\C)CC[C@H](N)C(=O)OCc1ccccc1. The van der Waals surface area contributed by atoms with E-state index >= 15 is 0 Å². The zero-order valence-corrected chi connectivity index (χ0v) is 12.0. The number of nitrogens with two attached hydrogens (primary N) is 1. The van der Waals surface area contributed by atoms with Gasteiger partial charge in [-0.15, -0.1) is 6.58 Å². The van der Waals surface area contributed by atoms with Crippen LogP contribution in [0.15, 0.2) is 54.6 Å². The van der Waals surface area contributed by atoms with Gasteiger partial charge in [0.15, 0.2) is 0 Å². The van der Waals surface area contributed by atoms with Gasteiger partial charge < -0.3 is 10.5 Å². The molecule has 2 N–H and O–H groups in total. The van der Waals surface area contributed by atoms with Crippen molar-refractivity contribution >= 4 is 5.97 Å². The normalized spacial score (nSPS) is 12.8. The minimum Gasteiger partial charge on any atom is -0.460 e. The molecule has 0 heterocycles. The van der Waals surface area contributed by atoms with E-state index in [9.17, 15) is 4.79 Å². The van der Waals surface area contributed by atoms with Crippen molar-refractivity contribution in [1.29, 1.82) is 0 Å². The van der Waals surface area contributed by atoms with Crippen LogP contribution < -0.4 is 5.73 Å². The number of ether oxygens (including phenoxy) is 1. The first-order valence-corrected chi connectivity index (χ1v) is 6.88. The Morgan fingerprint density at radius 2 is 2.10 bits per heavy atom. The van der Waals surface area contributed by atoms with E-state index in [-0.39, 0.29) is 12.6 Å². The van der Waals surface area contributed by atoms with Crippen molar-refractivity contribution in [3.05, 3.63) is 60.2 Å². The van der Waals surface area contributed by atoms with E-state index in [1.807, 2.05) is 49.4 Å². The lowest BCUT2D eigenvalue weighted by Crippen LogP contribution is -2.32. The predicted molar refractivity (Wildman–Crippen MR) is 82.0 cm³/mol. The van der Waals surface area contributed by atoms with Crippen LogP contribution in [0.2, 0.25) is 0 Å². The highest BCUT2D eigenvalue weighted by Gasteiger charge is 2.15. The number of carbonyl (C=O) groups excluding carboxylic acids is 1. The number of benzene rings is 1. The van der Waals surface area contributed by atoms with Crippen LogP contribution >= 0.6 is 0 Å². The Balaban J connectivity index is 2.34. The molecule has 0 spiro atoms. The number of allylic oxidation sites excluding steroid dienone is 3. The summed E-state index contributed by atoms with van der Waals surface area (Å²) in [5, 5.41) is 0. The molecule has 1 rings (SSSR count). The Hall–Kier alpha value is -1.87. The van der Waals surface area contributed by atoms with Crippen LogP contribution in [0.3, 0.4) is 0 Å². The van der Waals surface area contributed by atoms with Gasteiger partial charge in [-0.2, -0.15) is 0 Å². The molecule has 0 amide bonds.